The van der Waals surface area contributed by atoms with E-state index in [0.717, 1.165) is 17.1 Å². The van der Waals surface area contributed by atoms with Gasteiger partial charge in [0.15, 0.2) is 8.07 Å². The van der Waals surface area contributed by atoms with E-state index in [2.05, 4.69) is 262 Å². The molecule has 0 bridgehead atoms. The molecule has 0 saturated carbocycles. The van der Waals surface area contributed by atoms with Gasteiger partial charge in [0.1, 0.15) is 0 Å². The van der Waals surface area contributed by atoms with Crippen molar-refractivity contribution >= 4 is 94.2 Å². The van der Waals surface area contributed by atoms with Gasteiger partial charge in [0.25, 0.3) is 0 Å². The van der Waals surface area contributed by atoms with E-state index in [1.807, 2.05) is 0 Å². The first-order valence-electron chi connectivity index (χ1n) is 22.1. The highest BCUT2D eigenvalue weighted by Crippen LogP contribution is 2.41. The first kappa shape index (κ1) is 36.5. The Balaban J connectivity index is 1.24. The summed E-state index contributed by atoms with van der Waals surface area (Å²) in [5, 5.41) is 12.9. The highest BCUT2D eigenvalue weighted by atomic mass is 28.3. The van der Waals surface area contributed by atoms with Gasteiger partial charge in [0.2, 0.25) is 0 Å². The summed E-state index contributed by atoms with van der Waals surface area (Å²) in [4.78, 5) is 0. The average Bonchev–Trinajstić information content (AvgIpc) is 4.02. The van der Waals surface area contributed by atoms with Crippen LogP contribution in [0.15, 0.2) is 249 Å². The SMILES string of the molecule is c1ccc(-n2c3ccccc3c3cc(-n4c5ccccc5c5c([Si](c6ccccc6)(c6ccccc6)c6ccccc6)ccc(-n6c7ccccc7c7ccccc76)c54)ccc32)cc1. The van der Waals surface area contributed by atoms with Gasteiger partial charge in [-0.3, -0.25) is 0 Å². The Bertz CT molecular complexity index is 3730. The Morgan fingerprint density at radius 1 is 0.266 bits per heavy atom. The molecular weight excluding hydrogens is 791 g/mol. The molecule has 0 aliphatic rings. The standard InChI is InChI=1S/C60H41N3Si/c1-5-21-42(22-6-1)61-52-33-17-15-31-49(52)51-41-43(37-38-56(51)61)62-55-36-20-16-32-50(55)59-58(40-39-57(60(59)62)63-53-34-18-13-29-47(53)48-30-14-19-35-54(48)63)64(44-23-7-2-8-24-44,45-25-9-3-10-26-45)46-27-11-4-12-28-46/h1-41H. The van der Waals surface area contributed by atoms with Crippen molar-refractivity contribution in [2.24, 2.45) is 0 Å². The van der Waals surface area contributed by atoms with Crippen LogP contribution in [0.2, 0.25) is 0 Å². The van der Waals surface area contributed by atoms with Crippen molar-refractivity contribution in [3.63, 3.8) is 0 Å². The largest absolute Gasteiger partial charge is 0.309 e. The Labute approximate surface area is 372 Å². The Morgan fingerprint density at radius 3 is 1.20 bits per heavy atom. The molecule has 10 aromatic carbocycles. The van der Waals surface area contributed by atoms with Gasteiger partial charge in [-0.2, -0.15) is 0 Å². The fraction of sp³-hybridized carbons (Fsp3) is 0. The summed E-state index contributed by atoms with van der Waals surface area (Å²) < 4.78 is 7.49. The van der Waals surface area contributed by atoms with Gasteiger partial charge in [-0.1, -0.05) is 188 Å². The molecule has 13 rings (SSSR count). The highest BCUT2D eigenvalue weighted by molar-refractivity contribution is 7.20. The van der Waals surface area contributed by atoms with E-state index in [-0.39, 0.29) is 0 Å². The fourth-order valence-corrected chi connectivity index (χ4v) is 16.0. The van der Waals surface area contributed by atoms with Crippen LogP contribution < -0.4 is 20.7 Å². The molecule has 3 nitrogen and oxygen atoms in total. The lowest BCUT2D eigenvalue weighted by molar-refractivity contribution is 1.13. The molecule has 0 radical (unpaired) electrons. The van der Waals surface area contributed by atoms with Gasteiger partial charge in [0, 0.05) is 43.7 Å². The van der Waals surface area contributed by atoms with E-state index in [9.17, 15) is 0 Å². The van der Waals surface area contributed by atoms with Crippen LogP contribution in [0.1, 0.15) is 0 Å². The normalized spacial score (nSPS) is 12.1. The van der Waals surface area contributed by atoms with Crippen LogP contribution in [-0.4, -0.2) is 21.8 Å². The summed E-state index contributed by atoms with van der Waals surface area (Å²) >= 11 is 0. The molecule has 0 atom stereocenters. The topological polar surface area (TPSA) is 14.8 Å². The molecule has 0 aliphatic heterocycles. The van der Waals surface area contributed by atoms with Crippen LogP contribution in [-0.2, 0) is 0 Å². The van der Waals surface area contributed by atoms with E-state index in [4.69, 9.17) is 0 Å². The van der Waals surface area contributed by atoms with E-state index in [0.29, 0.717) is 0 Å². The van der Waals surface area contributed by atoms with Crippen molar-refractivity contribution < 1.29 is 0 Å². The summed E-state index contributed by atoms with van der Waals surface area (Å²) in [6, 6.07) is 92.5. The molecule has 13 aromatic rings. The van der Waals surface area contributed by atoms with Gasteiger partial charge in [-0.25, -0.2) is 0 Å². The molecule has 0 aliphatic carbocycles. The Morgan fingerprint density at radius 2 is 0.672 bits per heavy atom. The number of hydrogen-bond donors (Lipinski definition) is 0. The maximum atomic E-state index is 2.57. The first-order valence-corrected chi connectivity index (χ1v) is 24.1. The third-order valence-corrected chi connectivity index (χ3v) is 18.4. The minimum Gasteiger partial charge on any atom is -0.309 e. The predicted octanol–water partition coefficient (Wildman–Crippen LogP) is 12.4. The van der Waals surface area contributed by atoms with E-state index >= 15 is 0 Å². The van der Waals surface area contributed by atoms with Crippen molar-refractivity contribution in [1.29, 1.82) is 0 Å². The zero-order chi connectivity index (χ0) is 42.2. The van der Waals surface area contributed by atoms with E-state index in [1.165, 1.54) is 86.2 Å². The van der Waals surface area contributed by atoms with Gasteiger partial charge in [-0.05, 0) is 81.4 Å². The van der Waals surface area contributed by atoms with Crippen LogP contribution in [0, 0.1) is 0 Å². The maximum Gasteiger partial charge on any atom is 0.180 e. The Kier molecular flexibility index (Phi) is 8.23. The Hall–Kier alpha value is -8.18. The van der Waals surface area contributed by atoms with Gasteiger partial charge in [0.05, 0.1) is 38.8 Å². The average molecular weight is 832 g/mol. The molecule has 0 unspecified atom stereocenters. The summed E-state index contributed by atoms with van der Waals surface area (Å²) in [5.41, 5.74) is 10.6. The molecule has 64 heavy (non-hydrogen) atoms. The predicted molar refractivity (Wildman–Crippen MR) is 273 cm³/mol. The molecule has 0 saturated heterocycles. The number of hydrogen-bond acceptors (Lipinski definition) is 0. The van der Waals surface area contributed by atoms with Crippen molar-refractivity contribution in [2.75, 3.05) is 0 Å². The first-order chi connectivity index (χ1) is 31.8. The molecule has 4 heteroatoms. The summed E-state index contributed by atoms with van der Waals surface area (Å²) in [7, 11) is -3.02. The van der Waals surface area contributed by atoms with Crippen molar-refractivity contribution in [3.8, 4) is 17.1 Å². The van der Waals surface area contributed by atoms with Gasteiger partial charge >= 0.3 is 0 Å². The van der Waals surface area contributed by atoms with Crippen LogP contribution in [0.4, 0.5) is 0 Å². The number of aromatic nitrogens is 3. The van der Waals surface area contributed by atoms with Crippen LogP contribution in [0.25, 0.3) is 82.5 Å². The minimum atomic E-state index is -3.02. The minimum absolute atomic E-state index is 1.13. The molecule has 0 fully saturated rings. The van der Waals surface area contributed by atoms with Crippen molar-refractivity contribution in [2.45, 2.75) is 0 Å². The second-order valence-electron chi connectivity index (χ2n) is 16.8. The molecule has 0 spiro atoms. The monoisotopic (exact) mass is 831 g/mol. The second-order valence-corrected chi connectivity index (χ2v) is 20.6. The quantitative estimate of drug-likeness (QED) is 0.112. The van der Waals surface area contributed by atoms with Crippen LogP contribution in [0.3, 0.4) is 0 Å². The molecule has 300 valence electrons. The molecular formula is C60H41N3Si. The number of benzene rings is 10. The lowest BCUT2D eigenvalue weighted by Gasteiger charge is -2.35. The maximum absolute atomic E-state index is 3.02. The summed E-state index contributed by atoms with van der Waals surface area (Å²) in [6.45, 7) is 0. The zero-order valence-electron chi connectivity index (χ0n) is 35.0. The third-order valence-electron chi connectivity index (χ3n) is 13.6. The number of rotatable bonds is 7. The zero-order valence-corrected chi connectivity index (χ0v) is 36.0. The molecule has 3 heterocycles. The van der Waals surface area contributed by atoms with Gasteiger partial charge in [-0.15, -0.1) is 0 Å². The summed E-state index contributed by atoms with van der Waals surface area (Å²) in [6.07, 6.45) is 0. The second kappa shape index (κ2) is 14.5. The molecule has 3 aromatic heterocycles. The van der Waals surface area contributed by atoms with Crippen molar-refractivity contribution in [3.05, 3.63) is 249 Å². The van der Waals surface area contributed by atoms with Crippen LogP contribution >= 0.6 is 0 Å². The van der Waals surface area contributed by atoms with E-state index < -0.39 is 8.07 Å². The highest BCUT2D eigenvalue weighted by Gasteiger charge is 2.43. The molecule has 0 N–H and O–H groups in total. The lowest BCUT2D eigenvalue weighted by atomic mass is 10.1. The number of para-hydroxylation sites is 5. The smallest absolute Gasteiger partial charge is 0.180 e. The molecule has 0 amide bonds. The number of nitrogens with zero attached hydrogens (tertiary/aromatic N) is 3. The third kappa shape index (κ3) is 5.21. The lowest BCUT2D eigenvalue weighted by Crippen LogP contribution is -2.74. The van der Waals surface area contributed by atoms with Crippen molar-refractivity contribution in [1.82, 2.24) is 13.7 Å². The van der Waals surface area contributed by atoms with Gasteiger partial charge < -0.3 is 13.7 Å². The van der Waals surface area contributed by atoms with E-state index in [1.54, 1.807) is 0 Å². The summed E-state index contributed by atoms with van der Waals surface area (Å²) in [5.74, 6) is 0. The fourth-order valence-electron chi connectivity index (χ4n) is 11.0. The number of fused-ring (bicyclic) bond motifs is 9. The van der Waals surface area contributed by atoms with Crippen LogP contribution in [0.5, 0.6) is 0 Å².